The number of methoxy groups -OCH3 is 1. The Morgan fingerprint density at radius 3 is 2.71 bits per heavy atom. The average molecular weight is 199 g/mol. The van der Waals surface area contributed by atoms with Crippen LogP contribution in [0.5, 0.6) is 0 Å². The minimum Gasteiger partial charge on any atom is -0.377 e. The molecule has 0 aliphatic carbocycles. The summed E-state index contributed by atoms with van der Waals surface area (Å²) in [4.78, 5) is 13.5. The molecule has 82 valence electrons. The number of hydrogen-bond donors (Lipinski definition) is 0. The van der Waals surface area contributed by atoms with Gasteiger partial charge in [0.15, 0.2) is 0 Å². The van der Waals surface area contributed by atoms with Gasteiger partial charge in [0.05, 0.1) is 5.60 Å². The molecule has 0 bridgehead atoms. The van der Waals surface area contributed by atoms with E-state index in [4.69, 9.17) is 4.74 Å². The standard InChI is InChI=1S/C11H21NO2/c1-9-7-10(13)5-6-12(9)8-11(2,3)14-4/h9H,5-8H2,1-4H3. The van der Waals surface area contributed by atoms with E-state index in [1.54, 1.807) is 7.11 Å². The van der Waals surface area contributed by atoms with Crippen molar-refractivity contribution in [2.45, 2.75) is 45.3 Å². The second kappa shape index (κ2) is 4.41. The molecule has 14 heavy (non-hydrogen) atoms. The van der Waals surface area contributed by atoms with Gasteiger partial charge < -0.3 is 4.74 Å². The van der Waals surface area contributed by atoms with Crippen LogP contribution in [-0.4, -0.2) is 42.5 Å². The number of carbonyl (C=O) groups excluding carboxylic acids is 1. The van der Waals surface area contributed by atoms with Gasteiger partial charge in [0.2, 0.25) is 0 Å². The lowest BCUT2D eigenvalue weighted by molar-refractivity contribution is -0.124. The van der Waals surface area contributed by atoms with Gasteiger partial charge >= 0.3 is 0 Å². The molecule has 0 aromatic heterocycles. The number of piperidine rings is 1. The van der Waals surface area contributed by atoms with Crippen LogP contribution in [0.1, 0.15) is 33.6 Å². The predicted octanol–water partition coefficient (Wildman–Crippen LogP) is 1.46. The SMILES string of the molecule is COC(C)(C)CN1CCC(=O)CC1C. The summed E-state index contributed by atoms with van der Waals surface area (Å²) in [6, 6.07) is 0.366. The van der Waals surface area contributed by atoms with Gasteiger partial charge in [-0.25, -0.2) is 0 Å². The smallest absolute Gasteiger partial charge is 0.135 e. The van der Waals surface area contributed by atoms with Gasteiger partial charge in [-0.1, -0.05) is 0 Å². The van der Waals surface area contributed by atoms with Crippen LogP contribution in [0.25, 0.3) is 0 Å². The summed E-state index contributed by atoms with van der Waals surface area (Å²) >= 11 is 0. The van der Waals surface area contributed by atoms with Crippen molar-refractivity contribution in [3.05, 3.63) is 0 Å². The molecule has 3 nitrogen and oxygen atoms in total. The van der Waals surface area contributed by atoms with Crippen LogP contribution >= 0.6 is 0 Å². The zero-order valence-corrected chi connectivity index (χ0v) is 9.67. The highest BCUT2D eigenvalue weighted by atomic mass is 16.5. The summed E-state index contributed by atoms with van der Waals surface area (Å²) in [5.74, 6) is 0.393. The first-order valence-corrected chi connectivity index (χ1v) is 5.25. The Balaban J connectivity index is 2.49. The molecule has 0 aromatic rings. The molecule has 0 radical (unpaired) electrons. The van der Waals surface area contributed by atoms with Crippen LogP contribution in [0.3, 0.4) is 0 Å². The van der Waals surface area contributed by atoms with Crippen molar-refractivity contribution in [2.75, 3.05) is 20.2 Å². The molecule has 0 N–H and O–H groups in total. The Morgan fingerprint density at radius 2 is 2.21 bits per heavy atom. The topological polar surface area (TPSA) is 29.5 Å². The Bertz CT molecular complexity index is 213. The normalized spacial score (nSPS) is 25.4. The van der Waals surface area contributed by atoms with E-state index < -0.39 is 0 Å². The quantitative estimate of drug-likeness (QED) is 0.689. The van der Waals surface area contributed by atoms with Gasteiger partial charge in [-0.05, 0) is 20.8 Å². The third kappa shape index (κ3) is 3.07. The van der Waals surface area contributed by atoms with Gasteiger partial charge in [-0.2, -0.15) is 0 Å². The largest absolute Gasteiger partial charge is 0.377 e. The lowest BCUT2D eigenvalue weighted by Crippen LogP contribution is -2.48. The van der Waals surface area contributed by atoms with Gasteiger partial charge in [0.1, 0.15) is 5.78 Å². The average Bonchev–Trinajstić information content (AvgIpc) is 2.10. The second-order valence-corrected chi connectivity index (χ2v) is 4.78. The monoisotopic (exact) mass is 199 g/mol. The van der Waals surface area contributed by atoms with Crippen molar-refractivity contribution in [2.24, 2.45) is 0 Å². The minimum atomic E-state index is -0.116. The maximum Gasteiger partial charge on any atom is 0.135 e. The highest BCUT2D eigenvalue weighted by molar-refractivity contribution is 5.79. The molecular formula is C11H21NO2. The molecule has 1 fully saturated rings. The number of ketones is 1. The van der Waals surface area contributed by atoms with E-state index in [-0.39, 0.29) is 5.60 Å². The summed E-state index contributed by atoms with van der Waals surface area (Å²) in [5.41, 5.74) is -0.116. The Morgan fingerprint density at radius 1 is 1.57 bits per heavy atom. The van der Waals surface area contributed by atoms with Crippen LogP contribution in [0.4, 0.5) is 0 Å². The van der Waals surface area contributed by atoms with E-state index >= 15 is 0 Å². The van der Waals surface area contributed by atoms with Gasteiger partial charge in [-0.3, -0.25) is 9.69 Å². The predicted molar refractivity (Wildman–Crippen MR) is 56.4 cm³/mol. The third-order valence-corrected chi connectivity index (χ3v) is 2.96. The highest BCUT2D eigenvalue weighted by Gasteiger charge is 2.28. The third-order valence-electron chi connectivity index (χ3n) is 2.96. The van der Waals surface area contributed by atoms with Crippen molar-refractivity contribution in [1.82, 2.24) is 4.90 Å². The lowest BCUT2D eigenvalue weighted by Gasteiger charge is -2.37. The van der Waals surface area contributed by atoms with Gasteiger partial charge in [0, 0.05) is 39.1 Å². The van der Waals surface area contributed by atoms with Crippen LogP contribution in [0, 0.1) is 0 Å². The van der Waals surface area contributed by atoms with Crippen molar-refractivity contribution in [3.63, 3.8) is 0 Å². The molecule has 3 heteroatoms. The first kappa shape index (κ1) is 11.7. The number of ether oxygens (including phenoxy) is 1. The number of carbonyl (C=O) groups is 1. The van der Waals surface area contributed by atoms with Crippen LogP contribution in [-0.2, 0) is 9.53 Å². The molecule has 1 saturated heterocycles. The summed E-state index contributed by atoms with van der Waals surface area (Å²) in [6.07, 6.45) is 1.39. The Labute approximate surface area is 86.4 Å². The van der Waals surface area contributed by atoms with E-state index in [9.17, 15) is 4.79 Å². The molecule has 0 saturated carbocycles. The molecule has 0 amide bonds. The summed E-state index contributed by atoms with van der Waals surface area (Å²) in [7, 11) is 1.74. The van der Waals surface area contributed by atoms with Gasteiger partial charge in [-0.15, -0.1) is 0 Å². The first-order valence-electron chi connectivity index (χ1n) is 5.25. The highest BCUT2D eigenvalue weighted by Crippen LogP contribution is 2.18. The lowest BCUT2D eigenvalue weighted by atomic mass is 9.99. The number of Topliss-reactive ketones (excluding diaryl/α,β-unsaturated/α-hetero) is 1. The first-order chi connectivity index (χ1) is 6.44. The molecule has 0 spiro atoms. The molecule has 1 aliphatic heterocycles. The fraction of sp³-hybridized carbons (Fsp3) is 0.909. The maximum absolute atomic E-state index is 11.2. The molecule has 1 aliphatic rings. The summed E-state index contributed by atoms with van der Waals surface area (Å²) < 4.78 is 5.39. The van der Waals surface area contributed by atoms with Crippen LogP contribution in [0.2, 0.25) is 0 Å². The van der Waals surface area contributed by atoms with Crippen LogP contribution in [0.15, 0.2) is 0 Å². The molecule has 0 aromatic carbocycles. The number of hydrogen-bond acceptors (Lipinski definition) is 3. The van der Waals surface area contributed by atoms with Crippen molar-refractivity contribution < 1.29 is 9.53 Å². The maximum atomic E-state index is 11.2. The van der Waals surface area contributed by atoms with E-state index in [0.29, 0.717) is 24.7 Å². The van der Waals surface area contributed by atoms with E-state index in [0.717, 1.165) is 13.1 Å². The van der Waals surface area contributed by atoms with Crippen molar-refractivity contribution in [3.8, 4) is 0 Å². The molecule has 1 atom stereocenters. The zero-order chi connectivity index (χ0) is 10.8. The number of nitrogens with zero attached hydrogens (tertiary/aromatic N) is 1. The van der Waals surface area contributed by atoms with E-state index in [2.05, 4.69) is 25.7 Å². The fourth-order valence-corrected chi connectivity index (χ4v) is 1.84. The molecule has 1 unspecified atom stereocenters. The minimum absolute atomic E-state index is 0.116. The Kier molecular flexibility index (Phi) is 3.67. The molecule has 1 rings (SSSR count). The number of likely N-dealkylation sites (tertiary alicyclic amines) is 1. The van der Waals surface area contributed by atoms with E-state index in [1.165, 1.54) is 0 Å². The van der Waals surface area contributed by atoms with Crippen molar-refractivity contribution >= 4 is 5.78 Å². The van der Waals surface area contributed by atoms with Crippen LogP contribution < -0.4 is 0 Å². The fourth-order valence-electron chi connectivity index (χ4n) is 1.84. The van der Waals surface area contributed by atoms with Gasteiger partial charge in [0.25, 0.3) is 0 Å². The second-order valence-electron chi connectivity index (χ2n) is 4.78. The van der Waals surface area contributed by atoms with E-state index in [1.807, 2.05) is 0 Å². The molecular weight excluding hydrogens is 178 g/mol. The Hall–Kier alpha value is -0.410. The molecule has 1 heterocycles. The summed E-state index contributed by atoms with van der Waals surface area (Å²) in [6.45, 7) is 8.06. The summed E-state index contributed by atoms with van der Waals surface area (Å²) in [5, 5.41) is 0. The zero-order valence-electron chi connectivity index (χ0n) is 9.67. The number of rotatable bonds is 3. The van der Waals surface area contributed by atoms with Crippen molar-refractivity contribution in [1.29, 1.82) is 0 Å².